The second-order valence-corrected chi connectivity index (χ2v) is 5.38. The van der Waals surface area contributed by atoms with E-state index in [1.165, 1.54) is 32.1 Å². The van der Waals surface area contributed by atoms with Crippen LogP contribution in [0, 0.1) is 17.8 Å². The third-order valence-electron chi connectivity index (χ3n) is 4.41. The van der Waals surface area contributed by atoms with Crippen LogP contribution in [0.5, 0.6) is 0 Å². The molecule has 0 saturated heterocycles. The van der Waals surface area contributed by atoms with Crippen molar-refractivity contribution in [3.05, 3.63) is 0 Å². The highest BCUT2D eigenvalue weighted by atomic mass is 16.1. The average molecular weight is 179 g/mol. The van der Waals surface area contributed by atoms with E-state index in [0.717, 1.165) is 17.8 Å². The van der Waals surface area contributed by atoms with E-state index in [0.29, 0.717) is 0 Å². The van der Waals surface area contributed by atoms with Gasteiger partial charge in [0.15, 0.2) is 0 Å². The van der Waals surface area contributed by atoms with E-state index in [1.54, 1.807) is 6.92 Å². The van der Waals surface area contributed by atoms with Crippen molar-refractivity contribution in [2.45, 2.75) is 44.6 Å². The van der Waals surface area contributed by atoms with Crippen LogP contribution in [0.25, 0.3) is 0 Å². The van der Waals surface area contributed by atoms with Crippen LogP contribution in [-0.2, 0) is 4.79 Å². The van der Waals surface area contributed by atoms with Gasteiger partial charge in [-0.2, -0.15) is 0 Å². The zero-order valence-corrected chi connectivity index (χ0v) is 8.18. The summed E-state index contributed by atoms with van der Waals surface area (Å²) >= 11 is 0. The molecule has 4 rings (SSSR count). The summed E-state index contributed by atoms with van der Waals surface area (Å²) in [7, 11) is 0. The predicted molar refractivity (Wildman–Crippen MR) is 50.1 cm³/mol. The Labute approximate surface area is 79.1 Å². The number of hydrogen-bond donors (Lipinski definition) is 1. The Hall–Kier alpha value is -0.530. The summed E-state index contributed by atoms with van der Waals surface area (Å²) in [4.78, 5) is 11.1. The predicted octanol–water partition coefficient (Wildman–Crippen LogP) is 1.70. The topological polar surface area (TPSA) is 29.1 Å². The summed E-state index contributed by atoms with van der Waals surface area (Å²) in [5.41, 5.74) is 0.249. The number of carbonyl (C=O) groups is 1. The van der Waals surface area contributed by atoms with Crippen molar-refractivity contribution < 1.29 is 4.79 Å². The molecule has 2 nitrogen and oxygen atoms in total. The fourth-order valence-electron chi connectivity index (χ4n) is 4.35. The van der Waals surface area contributed by atoms with Gasteiger partial charge in [-0.3, -0.25) is 4.79 Å². The molecule has 0 aromatic heterocycles. The van der Waals surface area contributed by atoms with Gasteiger partial charge in [0, 0.05) is 12.5 Å². The lowest BCUT2D eigenvalue weighted by molar-refractivity contribution is -0.121. The van der Waals surface area contributed by atoms with Gasteiger partial charge < -0.3 is 5.32 Å². The van der Waals surface area contributed by atoms with E-state index < -0.39 is 0 Å². The highest BCUT2D eigenvalue weighted by Crippen LogP contribution is 2.60. The van der Waals surface area contributed by atoms with Gasteiger partial charge in [-0.1, -0.05) is 0 Å². The lowest BCUT2D eigenvalue weighted by Crippen LogP contribution is -2.48. The lowest BCUT2D eigenvalue weighted by Gasteiger charge is -2.33. The van der Waals surface area contributed by atoms with Gasteiger partial charge in [0.25, 0.3) is 0 Å². The van der Waals surface area contributed by atoms with Crippen molar-refractivity contribution in [3.63, 3.8) is 0 Å². The third-order valence-corrected chi connectivity index (χ3v) is 4.41. The molecule has 72 valence electrons. The Morgan fingerprint density at radius 1 is 1.23 bits per heavy atom. The van der Waals surface area contributed by atoms with Crippen molar-refractivity contribution in [1.29, 1.82) is 0 Å². The summed E-state index contributed by atoms with van der Waals surface area (Å²) in [5, 5.41) is 3.24. The molecule has 0 aliphatic heterocycles. The Balaban J connectivity index is 1.88. The molecule has 4 fully saturated rings. The molecule has 1 N–H and O–H groups in total. The number of rotatable bonds is 1. The normalized spacial score (nSPS) is 51.3. The first-order chi connectivity index (χ1) is 6.18. The molecular formula is C11H17NO. The molecule has 4 aliphatic rings. The molecule has 2 atom stereocenters. The van der Waals surface area contributed by atoms with E-state index in [4.69, 9.17) is 0 Å². The second-order valence-electron chi connectivity index (χ2n) is 5.38. The Kier molecular flexibility index (Phi) is 1.38. The van der Waals surface area contributed by atoms with Gasteiger partial charge in [-0.15, -0.1) is 0 Å². The minimum Gasteiger partial charge on any atom is -0.351 e. The first-order valence-corrected chi connectivity index (χ1v) is 5.47. The number of carbonyl (C=O) groups excluding carboxylic acids is 1. The first kappa shape index (κ1) is 7.84. The van der Waals surface area contributed by atoms with E-state index >= 15 is 0 Å². The van der Waals surface area contributed by atoms with E-state index in [1.807, 2.05) is 0 Å². The van der Waals surface area contributed by atoms with Crippen LogP contribution in [-0.4, -0.2) is 11.4 Å². The summed E-state index contributed by atoms with van der Waals surface area (Å²) in [5.74, 6) is 2.86. The fraction of sp³-hybridized carbons (Fsp3) is 0.909. The largest absolute Gasteiger partial charge is 0.351 e. The lowest BCUT2D eigenvalue weighted by atomic mass is 9.80. The summed E-state index contributed by atoms with van der Waals surface area (Å²) < 4.78 is 0. The van der Waals surface area contributed by atoms with Gasteiger partial charge in [0.2, 0.25) is 5.91 Å². The summed E-state index contributed by atoms with van der Waals surface area (Å²) in [6, 6.07) is 0. The van der Waals surface area contributed by atoms with Crippen molar-refractivity contribution in [2.75, 3.05) is 0 Å². The third kappa shape index (κ3) is 0.976. The molecule has 4 aliphatic carbocycles. The van der Waals surface area contributed by atoms with Crippen LogP contribution in [0.1, 0.15) is 39.0 Å². The average Bonchev–Trinajstić information content (AvgIpc) is 2.33. The van der Waals surface area contributed by atoms with Crippen LogP contribution in [0.4, 0.5) is 0 Å². The first-order valence-electron chi connectivity index (χ1n) is 5.47. The van der Waals surface area contributed by atoms with E-state index in [2.05, 4.69) is 5.32 Å². The van der Waals surface area contributed by atoms with Crippen LogP contribution in [0.15, 0.2) is 0 Å². The Morgan fingerprint density at radius 3 is 2.38 bits per heavy atom. The van der Waals surface area contributed by atoms with Gasteiger partial charge in [-0.05, 0) is 49.9 Å². The van der Waals surface area contributed by atoms with Crippen LogP contribution >= 0.6 is 0 Å². The zero-order valence-electron chi connectivity index (χ0n) is 8.18. The fourth-order valence-corrected chi connectivity index (χ4v) is 4.35. The molecule has 0 heterocycles. The summed E-state index contributed by atoms with van der Waals surface area (Å²) in [6.07, 6.45) is 6.76. The van der Waals surface area contributed by atoms with Crippen LogP contribution in [0.3, 0.4) is 0 Å². The molecule has 0 spiro atoms. The minimum atomic E-state index is 0.174. The molecule has 1 amide bonds. The van der Waals surface area contributed by atoms with Crippen molar-refractivity contribution in [1.82, 2.24) is 5.32 Å². The maximum Gasteiger partial charge on any atom is 0.217 e. The maximum atomic E-state index is 11.1. The molecule has 0 aromatic rings. The SMILES string of the molecule is CC(=O)NC12CC3CC(CC1C3)C2. The molecular weight excluding hydrogens is 162 g/mol. The standard InChI is InChI=1S/C11H17NO/c1-7(13)12-11-5-8-2-9(6-11)4-10(11)3-8/h8-10H,2-6H2,1H3,(H,12,13). The molecule has 0 aromatic carbocycles. The van der Waals surface area contributed by atoms with Gasteiger partial charge in [0.1, 0.15) is 0 Å². The molecule has 4 bridgehead atoms. The number of nitrogens with one attached hydrogen (secondary N) is 1. The quantitative estimate of drug-likeness (QED) is 0.652. The van der Waals surface area contributed by atoms with E-state index in [9.17, 15) is 4.79 Å². The van der Waals surface area contributed by atoms with E-state index in [-0.39, 0.29) is 11.4 Å². The molecule has 2 unspecified atom stereocenters. The Bertz CT molecular complexity index is 247. The van der Waals surface area contributed by atoms with Crippen molar-refractivity contribution in [3.8, 4) is 0 Å². The van der Waals surface area contributed by atoms with Gasteiger partial charge in [0.05, 0.1) is 0 Å². The number of hydrogen-bond acceptors (Lipinski definition) is 1. The van der Waals surface area contributed by atoms with Gasteiger partial charge in [-0.25, -0.2) is 0 Å². The van der Waals surface area contributed by atoms with Crippen molar-refractivity contribution >= 4 is 5.91 Å². The highest BCUT2D eigenvalue weighted by Gasteiger charge is 2.57. The maximum absolute atomic E-state index is 11.1. The monoisotopic (exact) mass is 179 g/mol. The van der Waals surface area contributed by atoms with Crippen LogP contribution in [0.2, 0.25) is 0 Å². The minimum absolute atomic E-state index is 0.174. The summed E-state index contributed by atoms with van der Waals surface area (Å²) in [6.45, 7) is 1.66. The zero-order chi connectivity index (χ0) is 9.05. The van der Waals surface area contributed by atoms with Gasteiger partial charge >= 0.3 is 0 Å². The molecule has 4 saturated carbocycles. The van der Waals surface area contributed by atoms with Crippen molar-refractivity contribution in [2.24, 2.45) is 17.8 Å². The molecule has 2 heteroatoms. The van der Waals surface area contributed by atoms with Crippen LogP contribution < -0.4 is 5.32 Å². The Morgan fingerprint density at radius 2 is 1.85 bits per heavy atom. The molecule has 0 radical (unpaired) electrons. The second kappa shape index (κ2) is 2.28. The smallest absolute Gasteiger partial charge is 0.217 e. The number of amides is 1. The highest BCUT2D eigenvalue weighted by molar-refractivity contribution is 5.74. The molecule has 13 heavy (non-hydrogen) atoms.